The molecular formula is C5H7NS. The third-order valence-electron chi connectivity index (χ3n) is 0.900. The van der Waals surface area contributed by atoms with Gasteiger partial charge in [-0.2, -0.15) is 0 Å². The molecule has 1 N–H and O–H groups in total. The summed E-state index contributed by atoms with van der Waals surface area (Å²) in [4.78, 5) is 0.961. The van der Waals surface area contributed by atoms with Gasteiger partial charge in [0.25, 0.3) is 0 Å². The maximum Gasteiger partial charge on any atom is 0.0795 e. The topological polar surface area (TPSA) is 12.0 Å². The van der Waals surface area contributed by atoms with E-state index in [4.69, 9.17) is 12.2 Å². The molecule has 1 heterocycles. The van der Waals surface area contributed by atoms with Crippen molar-refractivity contribution in [2.24, 2.45) is 0 Å². The molecule has 1 aliphatic heterocycles. The van der Waals surface area contributed by atoms with Crippen molar-refractivity contribution in [3.05, 3.63) is 12.3 Å². The van der Waals surface area contributed by atoms with Gasteiger partial charge in [-0.05, 0) is 12.6 Å². The van der Waals surface area contributed by atoms with E-state index in [1.54, 1.807) is 0 Å². The van der Waals surface area contributed by atoms with Gasteiger partial charge in [0.05, 0.1) is 4.99 Å². The zero-order valence-electron chi connectivity index (χ0n) is 3.98. The Morgan fingerprint density at radius 3 is 2.86 bits per heavy atom. The van der Waals surface area contributed by atoms with E-state index < -0.39 is 0 Å². The predicted molar refractivity (Wildman–Crippen MR) is 34.1 cm³/mol. The van der Waals surface area contributed by atoms with Gasteiger partial charge in [-0.3, -0.25) is 0 Å². The Morgan fingerprint density at radius 1 is 1.71 bits per heavy atom. The predicted octanol–water partition coefficient (Wildman–Crippen LogP) is 1.21. The van der Waals surface area contributed by atoms with Crippen LogP contribution in [0.1, 0.15) is 12.8 Å². The molecule has 0 saturated heterocycles. The van der Waals surface area contributed by atoms with Crippen molar-refractivity contribution >= 4 is 17.2 Å². The van der Waals surface area contributed by atoms with Crippen LogP contribution in [0.2, 0.25) is 0 Å². The molecule has 0 aromatic carbocycles. The molecule has 0 aromatic heterocycles. The summed E-state index contributed by atoms with van der Waals surface area (Å²) in [5.41, 5.74) is 0. The van der Waals surface area contributed by atoms with Gasteiger partial charge in [-0.15, -0.1) is 0 Å². The minimum atomic E-state index is 0.961. The first-order valence-electron chi connectivity index (χ1n) is 2.34. The van der Waals surface area contributed by atoms with Crippen LogP contribution < -0.4 is 5.32 Å². The van der Waals surface area contributed by atoms with E-state index in [0.29, 0.717) is 0 Å². The van der Waals surface area contributed by atoms with Crippen molar-refractivity contribution in [3.8, 4) is 0 Å². The molecule has 1 rings (SSSR count). The fourth-order valence-electron chi connectivity index (χ4n) is 0.522. The third kappa shape index (κ3) is 1.27. The van der Waals surface area contributed by atoms with Crippen LogP contribution in [0.25, 0.3) is 0 Å². The molecule has 0 fully saturated rings. The van der Waals surface area contributed by atoms with Gasteiger partial charge >= 0.3 is 0 Å². The molecule has 0 amide bonds. The minimum Gasteiger partial charge on any atom is -0.357 e. The van der Waals surface area contributed by atoms with E-state index in [2.05, 4.69) is 11.4 Å². The lowest BCUT2D eigenvalue weighted by atomic mass is 10.2. The SMILES string of the molecule is S=C1CCC=CN1. The molecule has 0 bridgehead atoms. The second-order valence-electron chi connectivity index (χ2n) is 1.51. The van der Waals surface area contributed by atoms with Crippen LogP contribution in [-0.2, 0) is 0 Å². The number of hydrogen-bond acceptors (Lipinski definition) is 1. The molecule has 7 heavy (non-hydrogen) atoms. The van der Waals surface area contributed by atoms with E-state index in [0.717, 1.165) is 17.8 Å². The Labute approximate surface area is 48.4 Å². The summed E-state index contributed by atoms with van der Waals surface area (Å²) in [5, 5.41) is 2.93. The van der Waals surface area contributed by atoms with Crippen molar-refractivity contribution < 1.29 is 0 Å². The van der Waals surface area contributed by atoms with E-state index in [9.17, 15) is 0 Å². The summed E-state index contributed by atoms with van der Waals surface area (Å²) in [6.45, 7) is 0. The third-order valence-corrected chi connectivity index (χ3v) is 1.22. The van der Waals surface area contributed by atoms with E-state index in [-0.39, 0.29) is 0 Å². The first kappa shape index (κ1) is 4.78. The zero-order valence-corrected chi connectivity index (χ0v) is 4.79. The highest BCUT2D eigenvalue weighted by molar-refractivity contribution is 7.80. The highest BCUT2D eigenvalue weighted by Gasteiger charge is 1.93. The lowest BCUT2D eigenvalue weighted by Crippen LogP contribution is -2.16. The van der Waals surface area contributed by atoms with Crippen molar-refractivity contribution in [2.45, 2.75) is 12.8 Å². The molecule has 0 atom stereocenters. The second-order valence-corrected chi connectivity index (χ2v) is 2.00. The zero-order chi connectivity index (χ0) is 5.11. The molecule has 0 radical (unpaired) electrons. The van der Waals surface area contributed by atoms with Gasteiger partial charge in [0.15, 0.2) is 0 Å². The maximum atomic E-state index is 4.84. The van der Waals surface area contributed by atoms with Gasteiger partial charge in [-0.25, -0.2) is 0 Å². The maximum absolute atomic E-state index is 4.84. The van der Waals surface area contributed by atoms with Crippen LogP contribution in [0.5, 0.6) is 0 Å². The summed E-state index contributed by atoms with van der Waals surface area (Å²) in [6, 6.07) is 0. The molecule has 1 nitrogen and oxygen atoms in total. The Kier molecular flexibility index (Phi) is 1.42. The molecule has 2 heteroatoms. The molecule has 0 aliphatic carbocycles. The van der Waals surface area contributed by atoms with Gasteiger partial charge in [-0.1, -0.05) is 18.3 Å². The number of allylic oxidation sites excluding steroid dienone is 1. The highest BCUT2D eigenvalue weighted by Crippen LogP contribution is 1.96. The average molecular weight is 113 g/mol. The molecule has 1 aliphatic rings. The Hall–Kier alpha value is -0.370. The van der Waals surface area contributed by atoms with E-state index >= 15 is 0 Å². The number of nitrogens with one attached hydrogen (secondary N) is 1. The Balaban J connectivity index is 2.47. The first-order valence-corrected chi connectivity index (χ1v) is 2.75. The normalized spacial score (nSPS) is 19.1. The molecule has 0 saturated carbocycles. The van der Waals surface area contributed by atoms with E-state index in [1.165, 1.54) is 0 Å². The monoisotopic (exact) mass is 113 g/mol. The van der Waals surface area contributed by atoms with Crippen LogP contribution in [0.15, 0.2) is 12.3 Å². The van der Waals surface area contributed by atoms with Crippen molar-refractivity contribution in [1.29, 1.82) is 0 Å². The van der Waals surface area contributed by atoms with Crippen molar-refractivity contribution in [2.75, 3.05) is 0 Å². The summed E-state index contributed by atoms with van der Waals surface area (Å²) in [7, 11) is 0. The highest BCUT2D eigenvalue weighted by atomic mass is 32.1. The van der Waals surface area contributed by atoms with Crippen LogP contribution in [-0.4, -0.2) is 4.99 Å². The summed E-state index contributed by atoms with van der Waals surface area (Å²) in [5.74, 6) is 0. The van der Waals surface area contributed by atoms with Gasteiger partial charge < -0.3 is 5.32 Å². The summed E-state index contributed by atoms with van der Waals surface area (Å²) >= 11 is 4.84. The molecule has 0 aromatic rings. The second kappa shape index (κ2) is 2.07. The standard InChI is InChI=1S/C5H7NS/c7-5-3-1-2-4-6-5/h2,4H,1,3H2,(H,6,7). The van der Waals surface area contributed by atoms with Crippen LogP contribution in [0.4, 0.5) is 0 Å². The first-order chi connectivity index (χ1) is 3.39. The van der Waals surface area contributed by atoms with E-state index in [1.807, 2.05) is 6.20 Å². The molecule has 0 spiro atoms. The van der Waals surface area contributed by atoms with Crippen molar-refractivity contribution in [3.63, 3.8) is 0 Å². The smallest absolute Gasteiger partial charge is 0.0795 e. The summed E-state index contributed by atoms with van der Waals surface area (Å²) in [6.07, 6.45) is 6.10. The number of thiocarbonyl (C=S) groups is 1. The molecule has 38 valence electrons. The fourth-order valence-corrected chi connectivity index (χ4v) is 0.708. The number of rotatable bonds is 0. The largest absolute Gasteiger partial charge is 0.357 e. The molecular weight excluding hydrogens is 106 g/mol. The minimum absolute atomic E-state index is 0.961. The Morgan fingerprint density at radius 2 is 2.57 bits per heavy atom. The van der Waals surface area contributed by atoms with Crippen LogP contribution >= 0.6 is 12.2 Å². The fraction of sp³-hybridized carbons (Fsp3) is 0.400. The van der Waals surface area contributed by atoms with Gasteiger partial charge in [0.2, 0.25) is 0 Å². The lowest BCUT2D eigenvalue weighted by Gasteiger charge is -2.04. The average Bonchev–Trinajstić information content (AvgIpc) is 1.69. The van der Waals surface area contributed by atoms with Crippen molar-refractivity contribution in [1.82, 2.24) is 5.32 Å². The van der Waals surface area contributed by atoms with Crippen LogP contribution in [0, 0.1) is 0 Å². The number of hydrogen-bond donors (Lipinski definition) is 1. The molecule has 0 unspecified atom stereocenters. The van der Waals surface area contributed by atoms with Crippen LogP contribution in [0.3, 0.4) is 0 Å². The lowest BCUT2D eigenvalue weighted by molar-refractivity contribution is 1.01. The quantitative estimate of drug-likeness (QED) is 0.474. The summed E-state index contributed by atoms with van der Waals surface area (Å²) < 4.78 is 0. The Bertz CT molecular complexity index is 107. The van der Waals surface area contributed by atoms with Gasteiger partial charge in [0, 0.05) is 6.42 Å². The van der Waals surface area contributed by atoms with Gasteiger partial charge in [0.1, 0.15) is 0 Å².